The SMILES string of the molecule is COc1c(Br)c(CC(O)c2ccc(C(F)(F)F)cc2)c(OC)c2c1C(=O)c1ccccc1C2=O. The molecule has 3 aromatic carbocycles. The molecule has 1 aliphatic rings. The first-order valence-corrected chi connectivity index (χ1v) is 10.9. The highest BCUT2D eigenvalue weighted by Gasteiger charge is 2.38. The molecular formula is C25H18BrF3O5. The average molecular weight is 535 g/mol. The van der Waals surface area contributed by atoms with Crippen LogP contribution in [0.5, 0.6) is 11.5 Å². The fourth-order valence-electron chi connectivity index (χ4n) is 4.11. The number of aliphatic hydroxyl groups is 1. The summed E-state index contributed by atoms with van der Waals surface area (Å²) in [5.74, 6) is -0.645. The van der Waals surface area contributed by atoms with Crippen LogP contribution in [0.4, 0.5) is 13.2 Å². The number of ether oxygens (including phenoxy) is 2. The minimum Gasteiger partial charge on any atom is -0.496 e. The van der Waals surface area contributed by atoms with Crippen molar-refractivity contribution in [3.8, 4) is 11.5 Å². The molecule has 0 saturated carbocycles. The van der Waals surface area contributed by atoms with Crippen LogP contribution < -0.4 is 9.47 Å². The molecule has 1 unspecified atom stereocenters. The number of fused-ring (bicyclic) bond motifs is 2. The van der Waals surface area contributed by atoms with Gasteiger partial charge in [0.05, 0.1) is 41.5 Å². The quantitative estimate of drug-likeness (QED) is 0.364. The number of alkyl halides is 3. The van der Waals surface area contributed by atoms with Crippen molar-refractivity contribution in [2.24, 2.45) is 0 Å². The van der Waals surface area contributed by atoms with E-state index in [1.54, 1.807) is 24.3 Å². The zero-order chi connectivity index (χ0) is 24.8. The zero-order valence-corrected chi connectivity index (χ0v) is 19.6. The number of methoxy groups -OCH3 is 2. The Kier molecular flexibility index (Phi) is 6.26. The van der Waals surface area contributed by atoms with Crippen LogP contribution in [-0.4, -0.2) is 30.9 Å². The fourth-order valence-corrected chi connectivity index (χ4v) is 4.81. The molecule has 4 rings (SSSR count). The third kappa shape index (κ3) is 3.88. The van der Waals surface area contributed by atoms with E-state index >= 15 is 0 Å². The van der Waals surface area contributed by atoms with E-state index in [0.29, 0.717) is 10.0 Å². The van der Waals surface area contributed by atoms with Crippen LogP contribution in [0.1, 0.15) is 54.6 Å². The van der Waals surface area contributed by atoms with Gasteiger partial charge >= 0.3 is 6.18 Å². The second-order valence-corrected chi connectivity index (χ2v) is 8.45. The van der Waals surface area contributed by atoms with Crippen molar-refractivity contribution < 1.29 is 37.3 Å². The van der Waals surface area contributed by atoms with Gasteiger partial charge in [0.1, 0.15) is 11.5 Å². The van der Waals surface area contributed by atoms with Gasteiger partial charge < -0.3 is 14.6 Å². The number of hydrogen-bond acceptors (Lipinski definition) is 5. The summed E-state index contributed by atoms with van der Waals surface area (Å²) in [4.78, 5) is 26.7. The van der Waals surface area contributed by atoms with Gasteiger partial charge in [-0.25, -0.2) is 0 Å². The van der Waals surface area contributed by atoms with Crippen molar-refractivity contribution in [2.45, 2.75) is 18.7 Å². The first-order chi connectivity index (χ1) is 16.1. The van der Waals surface area contributed by atoms with Crippen molar-refractivity contribution >= 4 is 27.5 Å². The normalized spacial score (nSPS) is 13.9. The van der Waals surface area contributed by atoms with E-state index in [1.807, 2.05) is 0 Å². The van der Waals surface area contributed by atoms with Crippen LogP contribution in [0.15, 0.2) is 53.0 Å². The molecule has 0 aliphatic heterocycles. The van der Waals surface area contributed by atoms with Crippen molar-refractivity contribution in [1.82, 2.24) is 0 Å². The van der Waals surface area contributed by atoms with E-state index in [-0.39, 0.29) is 45.7 Å². The molecule has 0 spiro atoms. The molecule has 5 nitrogen and oxygen atoms in total. The van der Waals surface area contributed by atoms with Gasteiger partial charge in [0, 0.05) is 23.1 Å². The Morgan fingerprint density at radius 3 is 1.85 bits per heavy atom. The molecule has 1 aliphatic carbocycles. The minimum atomic E-state index is -4.50. The summed E-state index contributed by atoms with van der Waals surface area (Å²) in [6.45, 7) is 0. The highest BCUT2D eigenvalue weighted by Crippen LogP contribution is 2.47. The maximum Gasteiger partial charge on any atom is 0.416 e. The van der Waals surface area contributed by atoms with Crippen molar-refractivity contribution in [2.75, 3.05) is 14.2 Å². The maximum atomic E-state index is 13.4. The number of aliphatic hydroxyl groups excluding tert-OH is 1. The predicted molar refractivity (Wildman–Crippen MR) is 121 cm³/mol. The Balaban J connectivity index is 1.83. The molecule has 0 radical (unpaired) electrons. The Hall–Kier alpha value is -3.17. The van der Waals surface area contributed by atoms with Crippen molar-refractivity contribution in [3.05, 3.63) is 91.9 Å². The number of rotatable bonds is 5. The summed E-state index contributed by atoms with van der Waals surface area (Å²) in [6, 6.07) is 10.6. The van der Waals surface area contributed by atoms with E-state index in [9.17, 15) is 27.9 Å². The molecule has 0 fully saturated rings. The molecule has 176 valence electrons. The molecule has 34 heavy (non-hydrogen) atoms. The summed E-state index contributed by atoms with van der Waals surface area (Å²) in [5, 5.41) is 10.8. The molecule has 0 amide bonds. The molecule has 9 heteroatoms. The number of carbonyl (C=O) groups is 2. The lowest BCUT2D eigenvalue weighted by molar-refractivity contribution is -0.137. The summed E-state index contributed by atoms with van der Waals surface area (Å²) < 4.78 is 50.0. The number of benzene rings is 3. The van der Waals surface area contributed by atoms with Gasteiger partial charge in [-0.3, -0.25) is 9.59 Å². The molecule has 0 saturated heterocycles. The topological polar surface area (TPSA) is 72.8 Å². The Labute approximate surface area is 201 Å². The Bertz CT molecular complexity index is 1300. The predicted octanol–water partition coefficient (Wildman–Crippen LogP) is 5.54. The third-order valence-electron chi connectivity index (χ3n) is 5.74. The Morgan fingerprint density at radius 2 is 1.38 bits per heavy atom. The van der Waals surface area contributed by atoms with Gasteiger partial charge in [0.15, 0.2) is 11.6 Å². The Morgan fingerprint density at radius 1 is 0.882 bits per heavy atom. The lowest BCUT2D eigenvalue weighted by Crippen LogP contribution is -2.24. The lowest BCUT2D eigenvalue weighted by Gasteiger charge is -2.26. The number of ketones is 2. The monoisotopic (exact) mass is 534 g/mol. The van der Waals surface area contributed by atoms with Crippen LogP contribution in [0.3, 0.4) is 0 Å². The number of carbonyl (C=O) groups excluding carboxylic acids is 2. The van der Waals surface area contributed by atoms with Gasteiger partial charge in [0.25, 0.3) is 0 Å². The average Bonchev–Trinajstić information content (AvgIpc) is 2.82. The fraction of sp³-hybridized carbons (Fsp3) is 0.200. The summed E-state index contributed by atoms with van der Waals surface area (Å²) in [7, 11) is 2.68. The second-order valence-electron chi connectivity index (χ2n) is 7.65. The van der Waals surface area contributed by atoms with Crippen LogP contribution in [-0.2, 0) is 12.6 Å². The highest BCUT2D eigenvalue weighted by atomic mass is 79.9. The lowest BCUT2D eigenvalue weighted by atomic mass is 9.81. The highest BCUT2D eigenvalue weighted by molar-refractivity contribution is 9.10. The van der Waals surface area contributed by atoms with Crippen LogP contribution in [0.25, 0.3) is 0 Å². The first kappa shape index (κ1) is 24.0. The van der Waals surface area contributed by atoms with Gasteiger partial charge in [-0.1, -0.05) is 36.4 Å². The summed E-state index contributed by atoms with van der Waals surface area (Å²) in [5.41, 5.74) is 0.267. The van der Waals surface area contributed by atoms with Gasteiger partial charge in [-0.05, 0) is 33.6 Å². The second kappa shape index (κ2) is 8.88. The van der Waals surface area contributed by atoms with E-state index < -0.39 is 29.4 Å². The van der Waals surface area contributed by atoms with E-state index in [4.69, 9.17) is 9.47 Å². The van der Waals surface area contributed by atoms with E-state index in [1.165, 1.54) is 26.4 Å². The summed E-state index contributed by atoms with van der Waals surface area (Å²) >= 11 is 3.41. The molecule has 1 atom stereocenters. The summed E-state index contributed by atoms with van der Waals surface area (Å²) in [6.07, 6.45) is -5.84. The third-order valence-corrected chi connectivity index (χ3v) is 6.58. The van der Waals surface area contributed by atoms with Crippen LogP contribution >= 0.6 is 15.9 Å². The number of halogens is 4. The van der Waals surface area contributed by atoms with Gasteiger partial charge in [-0.15, -0.1) is 0 Å². The van der Waals surface area contributed by atoms with Crippen LogP contribution in [0, 0.1) is 0 Å². The standard InChI is InChI=1S/C25H18BrF3O5/c1-33-23-16(11-17(30)12-7-9-13(10-8-12)25(27,28)29)20(26)24(34-2)19-18(23)21(31)14-5-3-4-6-15(14)22(19)32/h3-10,17,30H,11H2,1-2H3. The van der Waals surface area contributed by atoms with Crippen molar-refractivity contribution in [1.29, 1.82) is 0 Å². The van der Waals surface area contributed by atoms with Gasteiger partial charge in [-0.2, -0.15) is 13.2 Å². The molecule has 1 N–H and O–H groups in total. The molecule has 0 aromatic heterocycles. The zero-order valence-electron chi connectivity index (χ0n) is 18.0. The van der Waals surface area contributed by atoms with Gasteiger partial charge in [0.2, 0.25) is 0 Å². The first-order valence-electron chi connectivity index (χ1n) is 10.1. The maximum absolute atomic E-state index is 13.4. The minimum absolute atomic E-state index is 0.0147. The van der Waals surface area contributed by atoms with E-state index in [0.717, 1.165) is 12.1 Å². The smallest absolute Gasteiger partial charge is 0.416 e. The molecule has 0 bridgehead atoms. The number of hydrogen-bond donors (Lipinski definition) is 1. The van der Waals surface area contributed by atoms with E-state index in [2.05, 4.69) is 15.9 Å². The molecular weight excluding hydrogens is 517 g/mol. The molecule has 0 heterocycles. The molecule has 3 aromatic rings. The largest absolute Gasteiger partial charge is 0.496 e. The van der Waals surface area contributed by atoms with Crippen LogP contribution in [0.2, 0.25) is 0 Å². The van der Waals surface area contributed by atoms with Crippen molar-refractivity contribution in [3.63, 3.8) is 0 Å².